The third-order valence-corrected chi connectivity index (χ3v) is 5.97. The molecule has 0 aliphatic carbocycles. The number of thioether (sulfide) groups is 1. The van der Waals surface area contributed by atoms with E-state index in [-0.39, 0.29) is 0 Å². The summed E-state index contributed by atoms with van der Waals surface area (Å²) in [6, 6.07) is 6.34. The number of ether oxygens (including phenoxy) is 1. The number of hydrogen-bond donors (Lipinski definition) is 1. The van der Waals surface area contributed by atoms with Crippen molar-refractivity contribution in [2.24, 2.45) is 0 Å². The van der Waals surface area contributed by atoms with E-state index in [2.05, 4.69) is 5.32 Å². The molecule has 3 rings (SSSR count). The SMILES string of the molecule is COC(=O)[C@H](CCSC)NC(=O)c1cc2c(=O)oc3ccc(C)cc3c2s1. The Bertz CT molecular complexity index is 1070. The van der Waals surface area contributed by atoms with Crippen LogP contribution in [0.2, 0.25) is 0 Å². The van der Waals surface area contributed by atoms with Crippen molar-refractivity contribution in [2.45, 2.75) is 19.4 Å². The molecule has 0 saturated carbocycles. The Morgan fingerprint density at radius 1 is 1.30 bits per heavy atom. The first kappa shape index (κ1) is 19.4. The van der Waals surface area contributed by atoms with Crippen LogP contribution in [-0.4, -0.2) is 37.0 Å². The zero-order valence-corrected chi connectivity index (χ0v) is 16.8. The van der Waals surface area contributed by atoms with Crippen LogP contribution in [0.1, 0.15) is 21.7 Å². The molecular formula is C19H19NO5S2. The number of aryl methyl sites for hydroxylation is 1. The lowest BCUT2D eigenvalue weighted by molar-refractivity contribution is -0.142. The van der Waals surface area contributed by atoms with Gasteiger partial charge in [0.25, 0.3) is 5.91 Å². The number of hydrogen-bond acceptors (Lipinski definition) is 7. The molecule has 0 saturated heterocycles. The fraction of sp³-hybridized carbons (Fsp3) is 0.316. The largest absolute Gasteiger partial charge is 0.467 e. The summed E-state index contributed by atoms with van der Waals surface area (Å²) in [5.74, 6) is -0.188. The third-order valence-electron chi connectivity index (χ3n) is 4.16. The van der Waals surface area contributed by atoms with Crippen LogP contribution in [0.3, 0.4) is 0 Å². The smallest absolute Gasteiger partial charge is 0.345 e. The molecule has 0 bridgehead atoms. The molecule has 0 spiro atoms. The van der Waals surface area contributed by atoms with E-state index in [1.54, 1.807) is 17.8 Å². The quantitative estimate of drug-likeness (QED) is 0.500. The van der Waals surface area contributed by atoms with E-state index < -0.39 is 23.5 Å². The van der Waals surface area contributed by atoms with Crippen LogP contribution >= 0.6 is 23.1 Å². The van der Waals surface area contributed by atoms with Crippen molar-refractivity contribution in [3.05, 3.63) is 45.1 Å². The van der Waals surface area contributed by atoms with Crippen molar-refractivity contribution in [3.63, 3.8) is 0 Å². The average molecular weight is 405 g/mol. The lowest BCUT2D eigenvalue weighted by Crippen LogP contribution is -2.41. The summed E-state index contributed by atoms with van der Waals surface area (Å²) in [6.07, 6.45) is 2.39. The lowest BCUT2D eigenvalue weighted by Gasteiger charge is -2.15. The van der Waals surface area contributed by atoms with Gasteiger partial charge in [0.05, 0.1) is 22.1 Å². The summed E-state index contributed by atoms with van der Waals surface area (Å²) in [5, 5.41) is 3.86. The van der Waals surface area contributed by atoms with Gasteiger partial charge in [0.1, 0.15) is 11.6 Å². The van der Waals surface area contributed by atoms with Crippen molar-refractivity contribution < 1.29 is 18.7 Å². The standard InChI is InChI=1S/C19H19NO5S2/c1-10-4-5-14-11(8-10)16-12(18(22)25-14)9-15(27-16)17(21)20-13(6-7-26-3)19(23)24-2/h4-5,8-9,13H,6-7H2,1-3H3,(H,20,21)/t13-/m0/s1. The molecule has 0 radical (unpaired) electrons. The molecule has 142 valence electrons. The molecule has 0 aliphatic rings. The molecule has 0 aliphatic heterocycles. The monoisotopic (exact) mass is 405 g/mol. The third kappa shape index (κ3) is 4.01. The maximum Gasteiger partial charge on any atom is 0.345 e. The highest BCUT2D eigenvalue weighted by Gasteiger charge is 2.23. The summed E-state index contributed by atoms with van der Waals surface area (Å²) in [7, 11) is 1.29. The van der Waals surface area contributed by atoms with Gasteiger partial charge in [-0.15, -0.1) is 11.3 Å². The number of carbonyl (C=O) groups excluding carboxylic acids is 2. The van der Waals surface area contributed by atoms with Crippen molar-refractivity contribution >= 4 is 56.0 Å². The van der Waals surface area contributed by atoms with E-state index in [9.17, 15) is 14.4 Å². The highest BCUT2D eigenvalue weighted by Crippen LogP contribution is 2.31. The highest BCUT2D eigenvalue weighted by molar-refractivity contribution is 7.98. The maximum absolute atomic E-state index is 12.7. The lowest BCUT2D eigenvalue weighted by atomic mass is 10.1. The topological polar surface area (TPSA) is 85.6 Å². The zero-order valence-electron chi connectivity index (χ0n) is 15.2. The second-order valence-corrected chi connectivity index (χ2v) is 8.11. The molecule has 1 atom stereocenters. The van der Waals surface area contributed by atoms with Gasteiger partial charge in [-0.25, -0.2) is 9.59 Å². The van der Waals surface area contributed by atoms with E-state index in [0.29, 0.717) is 32.7 Å². The Morgan fingerprint density at radius 3 is 2.78 bits per heavy atom. The number of benzene rings is 1. The van der Waals surface area contributed by atoms with Crippen LogP contribution < -0.4 is 10.9 Å². The fourth-order valence-electron chi connectivity index (χ4n) is 2.78. The summed E-state index contributed by atoms with van der Waals surface area (Å²) >= 11 is 2.79. The number of esters is 1. The van der Waals surface area contributed by atoms with Gasteiger partial charge < -0.3 is 14.5 Å². The van der Waals surface area contributed by atoms with Crippen LogP contribution in [0.5, 0.6) is 0 Å². The predicted octanol–water partition coefficient (Wildman–Crippen LogP) is 3.34. The molecule has 0 unspecified atom stereocenters. The molecule has 2 aromatic heterocycles. The Hall–Kier alpha value is -2.32. The molecule has 2 heterocycles. The predicted molar refractivity (Wildman–Crippen MR) is 109 cm³/mol. The normalized spacial score (nSPS) is 12.3. The number of nitrogens with one attached hydrogen (secondary N) is 1. The second-order valence-electron chi connectivity index (χ2n) is 6.07. The minimum Gasteiger partial charge on any atom is -0.467 e. The van der Waals surface area contributed by atoms with E-state index in [0.717, 1.165) is 10.9 Å². The van der Waals surface area contributed by atoms with Gasteiger partial charge in [-0.05, 0) is 43.6 Å². The highest BCUT2D eigenvalue weighted by atomic mass is 32.2. The molecule has 0 fully saturated rings. The van der Waals surface area contributed by atoms with Gasteiger partial charge in [-0.2, -0.15) is 11.8 Å². The maximum atomic E-state index is 12.7. The van der Waals surface area contributed by atoms with Crippen LogP contribution in [-0.2, 0) is 9.53 Å². The first-order valence-corrected chi connectivity index (χ1v) is 10.5. The number of rotatable bonds is 6. The van der Waals surface area contributed by atoms with Gasteiger partial charge in [0, 0.05) is 5.39 Å². The van der Waals surface area contributed by atoms with Crippen molar-refractivity contribution in [2.75, 3.05) is 19.1 Å². The van der Waals surface area contributed by atoms with Crippen LogP contribution in [0.25, 0.3) is 21.1 Å². The van der Waals surface area contributed by atoms with E-state index >= 15 is 0 Å². The Balaban J connectivity index is 1.98. The average Bonchev–Trinajstić information content (AvgIpc) is 3.11. The second kappa shape index (κ2) is 8.14. The molecular weight excluding hydrogens is 386 g/mol. The Morgan fingerprint density at radius 2 is 2.07 bits per heavy atom. The molecule has 6 nitrogen and oxygen atoms in total. The zero-order chi connectivity index (χ0) is 19.6. The minimum atomic E-state index is -0.726. The number of fused-ring (bicyclic) bond motifs is 3. The minimum absolute atomic E-state index is 0.351. The first-order chi connectivity index (χ1) is 12.9. The van der Waals surface area contributed by atoms with E-state index in [4.69, 9.17) is 9.15 Å². The summed E-state index contributed by atoms with van der Waals surface area (Å²) in [6.45, 7) is 1.95. The van der Waals surface area contributed by atoms with Crippen molar-refractivity contribution in [1.29, 1.82) is 0 Å². The number of carbonyl (C=O) groups is 2. The van der Waals surface area contributed by atoms with Crippen LogP contribution in [0.4, 0.5) is 0 Å². The van der Waals surface area contributed by atoms with E-state index in [1.165, 1.54) is 24.5 Å². The molecule has 1 amide bonds. The van der Waals surface area contributed by atoms with Crippen LogP contribution in [0.15, 0.2) is 33.5 Å². The Kier molecular flexibility index (Phi) is 5.86. The van der Waals surface area contributed by atoms with Crippen LogP contribution in [0, 0.1) is 6.92 Å². The number of methoxy groups -OCH3 is 1. The van der Waals surface area contributed by atoms with Crippen molar-refractivity contribution in [3.8, 4) is 0 Å². The van der Waals surface area contributed by atoms with Gasteiger partial charge in [0.2, 0.25) is 0 Å². The molecule has 1 N–H and O–H groups in total. The van der Waals surface area contributed by atoms with Gasteiger partial charge in [-0.1, -0.05) is 11.6 Å². The van der Waals surface area contributed by atoms with Gasteiger partial charge >= 0.3 is 11.6 Å². The molecule has 3 aromatic rings. The summed E-state index contributed by atoms with van der Waals surface area (Å²) in [4.78, 5) is 37.2. The van der Waals surface area contributed by atoms with E-state index in [1.807, 2.05) is 25.3 Å². The van der Waals surface area contributed by atoms with Gasteiger partial charge in [-0.3, -0.25) is 4.79 Å². The first-order valence-electron chi connectivity index (χ1n) is 8.29. The van der Waals surface area contributed by atoms with Crippen molar-refractivity contribution in [1.82, 2.24) is 5.32 Å². The molecule has 27 heavy (non-hydrogen) atoms. The van der Waals surface area contributed by atoms with Gasteiger partial charge in [0.15, 0.2) is 0 Å². The fourth-order valence-corrected chi connectivity index (χ4v) is 4.32. The number of thiophene rings is 1. The summed E-state index contributed by atoms with van der Waals surface area (Å²) in [5.41, 5.74) is 1.03. The molecule has 1 aromatic carbocycles. The Labute approximate surface area is 163 Å². The number of amides is 1. The summed E-state index contributed by atoms with van der Waals surface area (Å²) < 4.78 is 10.8. The molecule has 8 heteroatoms.